The lowest BCUT2D eigenvalue weighted by molar-refractivity contribution is 0.102. The van der Waals surface area contributed by atoms with Crippen LogP contribution in [0, 0.1) is 0 Å². The highest BCUT2D eigenvalue weighted by molar-refractivity contribution is 6.06. The Bertz CT molecular complexity index is 994. The zero-order valence-electron chi connectivity index (χ0n) is 16.5. The molecule has 2 aromatic carbocycles. The van der Waals surface area contributed by atoms with Crippen LogP contribution in [0.1, 0.15) is 36.0 Å². The standard InChI is InChI=1S/C21H23N7O2/c29-20(18-7-3-4-8-19(18)28-15-22-25-26-28)23-16-9-11-17(12-10-16)24-21(30)27-13-5-1-2-6-14-27/h3-4,7-12,15H,1-2,5-6,13-14H2,(H,23,29)(H,24,30). The molecule has 1 aromatic heterocycles. The van der Waals surface area contributed by atoms with E-state index in [-0.39, 0.29) is 11.9 Å². The molecule has 3 amide bonds. The quantitative estimate of drug-likeness (QED) is 0.693. The number of urea groups is 1. The molecule has 1 aliphatic heterocycles. The second kappa shape index (κ2) is 9.17. The molecule has 0 saturated carbocycles. The lowest BCUT2D eigenvalue weighted by Gasteiger charge is -2.20. The molecule has 0 unspecified atom stereocenters. The summed E-state index contributed by atoms with van der Waals surface area (Å²) in [5, 5.41) is 16.9. The van der Waals surface area contributed by atoms with Crippen molar-refractivity contribution in [3.05, 3.63) is 60.4 Å². The predicted molar refractivity (Wildman–Crippen MR) is 113 cm³/mol. The highest BCUT2D eigenvalue weighted by Gasteiger charge is 2.16. The molecule has 1 aliphatic rings. The van der Waals surface area contributed by atoms with Crippen molar-refractivity contribution in [2.24, 2.45) is 0 Å². The van der Waals surface area contributed by atoms with Crippen molar-refractivity contribution in [2.45, 2.75) is 25.7 Å². The number of amides is 3. The SMILES string of the molecule is O=C(Nc1ccc(NC(=O)N2CCCCCC2)cc1)c1ccccc1-n1cnnn1. The molecular weight excluding hydrogens is 382 g/mol. The Hall–Kier alpha value is -3.75. The third kappa shape index (κ3) is 4.62. The van der Waals surface area contributed by atoms with Crippen LogP contribution < -0.4 is 10.6 Å². The van der Waals surface area contributed by atoms with Crippen LogP contribution in [0.5, 0.6) is 0 Å². The number of carbonyl (C=O) groups excluding carboxylic acids is 2. The van der Waals surface area contributed by atoms with Gasteiger partial charge in [-0.15, -0.1) is 5.10 Å². The minimum Gasteiger partial charge on any atom is -0.325 e. The summed E-state index contributed by atoms with van der Waals surface area (Å²) in [6, 6.07) is 14.1. The first-order valence-electron chi connectivity index (χ1n) is 10.0. The summed E-state index contributed by atoms with van der Waals surface area (Å²) >= 11 is 0. The van der Waals surface area contributed by atoms with Gasteiger partial charge in [0.05, 0.1) is 11.3 Å². The van der Waals surface area contributed by atoms with Crippen LogP contribution in [0.15, 0.2) is 54.9 Å². The van der Waals surface area contributed by atoms with Gasteiger partial charge >= 0.3 is 6.03 Å². The van der Waals surface area contributed by atoms with Gasteiger partial charge in [0.25, 0.3) is 5.91 Å². The van der Waals surface area contributed by atoms with Crippen molar-refractivity contribution in [1.82, 2.24) is 25.1 Å². The number of nitrogens with zero attached hydrogens (tertiary/aromatic N) is 5. The van der Waals surface area contributed by atoms with E-state index in [0.717, 1.165) is 25.9 Å². The summed E-state index contributed by atoms with van der Waals surface area (Å²) in [4.78, 5) is 27.1. The first-order chi connectivity index (χ1) is 14.7. The molecule has 1 saturated heterocycles. The fraction of sp³-hybridized carbons (Fsp3) is 0.286. The zero-order chi connectivity index (χ0) is 20.8. The smallest absolute Gasteiger partial charge is 0.321 e. The van der Waals surface area contributed by atoms with Crippen LogP contribution in [-0.4, -0.2) is 50.1 Å². The first kappa shape index (κ1) is 19.6. The molecule has 0 spiro atoms. The Kier molecular flexibility index (Phi) is 5.98. The van der Waals surface area contributed by atoms with Crippen LogP contribution >= 0.6 is 0 Å². The van der Waals surface area contributed by atoms with E-state index < -0.39 is 0 Å². The van der Waals surface area contributed by atoms with Crippen LogP contribution in [0.25, 0.3) is 5.69 Å². The average Bonchev–Trinajstić information content (AvgIpc) is 3.17. The van der Waals surface area contributed by atoms with Crippen molar-refractivity contribution in [3.63, 3.8) is 0 Å². The number of likely N-dealkylation sites (tertiary alicyclic amines) is 1. The van der Waals surface area contributed by atoms with Crippen molar-refractivity contribution < 1.29 is 9.59 Å². The maximum absolute atomic E-state index is 12.8. The summed E-state index contributed by atoms with van der Waals surface area (Å²) in [6.07, 6.45) is 5.88. The zero-order valence-corrected chi connectivity index (χ0v) is 16.5. The number of para-hydroxylation sites is 1. The average molecular weight is 405 g/mol. The third-order valence-corrected chi connectivity index (χ3v) is 5.03. The molecule has 30 heavy (non-hydrogen) atoms. The number of carbonyl (C=O) groups is 2. The van der Waals surface area contributed by atoms with Gasteiger partial charge in [0.2, 0.25) is 0 Å². The lowest BCUT2D eigenvalue weighted by Crippen LogP contribution is -2.35. The molecule has 0 radical (unpaired) electrons. The molecule has 9 heteroatoms. The summed E-state index contributed by atoms with van der Waals surface area (Å²) in [7, 11) is 0. The summed E-state index contributed by atoms with van der Waals surface area (Å²) in [5.74, 6) is -0.276. The first-order valence-corrected chi connectivity index (χ1v) is 10.0. The van der Waals surface area contributed by atoms with E-state index in [1.807, 2.05) is 11.0 Å². The minimum atomic E-state index is -0.276. The van der Waals surface area contributed by atoms with E-state index in [4.69, 9.17) is 0 Å². The number of aromatic nitrogens is 4. The fourth-order valence-corrected chi connectivity index (χ4v) is 3.45. The second-order valence-corrected chi connectivity index (χ2v) is 7.13. The van der Waals surface area contributed by atoms with Crippen LogP contribution in [-0.2, 0) is 0 Å². The normalized spacial score (nSPS) is 14.1. The fourth-order valence-electron chi connectivity index (χ4n) is 3.45. The van der Waals surface area contributed by atoms with E-state index >= 15 is 0 Å². The van der Waals surface area contributed by atoms with Crippen LogP contribution in [0.3, 0.4) is 0 Å². The van der Waals surface area contributed by atoms with Crippen molar-refractivity contribution >= 4 is 23.3 Å². The predicted octanol–water partition coefficient (Wildman–Crippen LogP) is 3.32. The molecule has 3 aromatic rings. The lowest BCUT2D eigenvalue weighted by atomic mass is 10.1. The van der Waals surface area contributed by atoms with Gasteiger partial charge in [-0.25, -0.2) is 4.79 Å². The van der Waals surface area contributed by atoms with Crippen molar-refractivity contribution in [2.75, 3.05) is 23.7 Å². The van der Waals surface area contributed by atoms with E-state index in [2.05, 4.69) is 26.2 Å². The van der Waals surface area contributed by atoms with E-state index in [1.165, 1.54) is 23.9 Å². The number of benzene rings is 2. The summed E-state index contributed by atoms with van der Waals surface area (Å²) in [5.41, 5.74) is 2.35. The number of nitrogens with one attached hydrogen (secondary N) is 2. The number of anilines is 2. The molecule has 154 valence electrons. The molecule has 0 atom stereocenters. The van der Waals surface area contributed by atoms with E-state index in [9.17, 15) is 9.59 Å². The highest BCUT2D eigenvalue weighted by atomic mass is 16.2. The Morgan fingerprint density at radius 3 is 2.17 bits per heavy atom. The number of hydrogen-bond donors (Lipinski definition) is 2. The van der Waals surface area contributed by atoms with Gasteiger partial charge in [0.15, 0.2) is 0 Å². The van der Waals surface area contributed by atoms with E-state index in [1.54, 1.807) is 42.5 Å². The van der Waals surface area contributed by atoms with Crippen LogP contribution in [0.4, 0.5) is 16.2 Å². The number of tetrazole rings is 1. The Balaban J connectivity index is 1.40. The molecule has 9 nitrogen and oxygen atoms in total. The molecular formula is C21H23N7O2. The molecule has 2 heterocycles. The monoisotopic (exact) mass is 405 g/mol. The van der Waals surface area contributed by atoms with Gasteiger partial charge in [0.1, 0.15) is 6.33 Å². The van der Waals surface area contributed by atoms with Gasteiger partial charge in [0, 0.05) is 24.5 Å². The van der Waals surface area contributed by atoms with Crippen molar-refractivity contribution in [1.29, 1.82) is 0 Å². The highest BCUT2D eigenvalue weighted by Crippen LogP contribution is 2.18. The maximum Gasteiger partial charge on any atom is 0.321 e. The van der Waals surface area contributed by atoms with Gasteiger partial charge < -0.3 is 15.5 Å². The summed E-state index contributed by atoms with van der Waals surface area (Å²) < 4.78 is 1.44. The molecule has 4 rings (SSSR count). The minimum absolute atomic E-state index is 0.0796. The molecule has 0 bridgehead atoms. The van der Waals surface area contributed by atoms with Gasteiger partial charge in [-0.1, -0.05) is 25.0 Å². The molecule has 2 N–H and O–H groups in total. The summed E-state index contributed by atoms with van der Waals surface area (Å²) in [6.45, 7) is 1.58. The van der Waals surface area contributed by atoms with Gasteiger partial charge in [-0.2, -0.15) is 4.68 Å². The Morgan fingerprint density at radius 1 is 0.833 bits per heavy atom. The molecule has 0 aliphatic carbocycles. The molecule has 1 fully saturated rings. The Labute approximate surface area is 174 Å². The largest absolute Gasteiger partial charge is 0.325 e. The second-order valence-electron chi connectivity index (χ2n) is 7.13. The van der Waals surface area contributed by atoms with Gasteiger partial charge in [-0.3, -0.25) is 4.79 Å². The van der Waals surface area contributed by atoms with Crippen molar-refractivity contribution in [3.8, 4) is 5.69 Å². The van der Waals surface area contributed by atoms with E-state index in [0.29, 0.717) is 22.6 Å². The number of rotatable bonds is 4. The topological polar surface area (TPSA) is 105 Å². The van der Waals surface area contributed by atoms with Crippen LogP contribution in [0.2, 0.25) is 0 Å². The number of hydrogen-bond acceptors (Lipinski definition) is 5. The Morgan fingerprint density at radius 2 is 1.50 bits per heavy atom. The van der Waals surface area contributed by atoms with Gasteiger partial charge in [-0.05, 0) is 59.7 Å². The maximum atomic E-state index is 12.8. The third-order valence-electron chi connectivity index (χ3n) is 5.03.